The molecule has 140 valence electrons. The number of hydrogen-bond donors (Lipinski definition) is 0. The average Bonchev–Trinajstić information content (AvgIpc) is 2.99. The Hall–Kier alpha value is -2.48. The number of carbonyl (C=O) groups excluding carboxylic acids is 1. The van der Waals surface area contributed by atoms with E-state index in [0.717, 1.165) is 5.56 Å². The third-order valence-electron chi connectivity index (χ3n) is 4.15. The monoisotopic (exact) mass is 359 g/mol. The smallest absolute Gasteiger partial charge is 0.410 e. The molecule has 0 unspecified atom stereocenters. The normalized spacial score (nSPS) is 18.8. The van der Waals surface area contributed by atoms with Crippen LogP contribution in [0, 0.1) is 6.92 Å². The molecule has 0 spiro atoms. The highest BCUT2D eigenvalue weighted by Gasteiger charge is 2.33. The zero-order chi connectivity index (χ0) is 18.7. The van der Waals surface area contributed by atoms with Crippen LogP contribution in [0.5, 0.6) is 0 Å². The second kappa shape index (κ2) is 7.41. The molecule has 0 bridgehead atoms. The van der Waals surface area contributed by atoms with Gasteiger partial charge in [0.2, 0.25) is 5.89 Å². The van der Waals surface area contributed by atoms with Gasteiger partial charge in [-0.05, 0) is 38.5 Å². The molecule has 1 aliphatic heterocycles. The van der Waals surface area contributed by atoms with Crippen LogP contribution in [0.2, 0.25) is 0 Å². The van der Waals surface area contributed by atoms with Crippen LogP contribution in [0.25, 0.3) is 0 Å². The number of aryl methyl sites for hydroxylation is 1. The zero-order valence-electron chi connectivity index (χ0n) is 15.7. The molecular formula is C18H25N5O3. The van der Waals surface area contributed by atoms with Crippen molar-refractivity contribution in [1.29, 1.82) is 0 Å². The van der Waals surface area contributed by atoms with Gasteiger partial charge < -0.3 is 14.2 Å². The van der Waals surface area contributed by atoms with E-state index in [1.54, 1.807) is 24.2 Å². The van der Waals surface area contributed by atoms with Gasteiger partial charge in [-0.2, -0.15) is 4.98 Å². The number of rotatable bonds is 3. The van der Waals surface area contributed by atoms with Crippen molar-refractivity contribution in [3.63, 3.8) is 0 Å². The van der Waals surface area contributed by atoms with Crippen molar-refractivity contribution in [1.82, 2.24) is 24.9 Å². The molecule has 2 aromatic rings. The third-order valence-corrected chi connectivity index (χ3v) is 4.15. The van der Waals surface area contributed by atoms with E-state index in [4.69, 9.17) is 9.26 Å². The van der Waals surface area contributed by atoms with E-state index < -0.39 is 5.60 Å². The SMILES string of the molecule is Cc1nc(CN2CCN(C(=O)OC(C)(C)C)C[C@H]2c2ccncc2)no1. The van der Waals surface area contributed by atoms with Gasteiger partial charge in [0.05, 0.1) is 12.6 Å². The van der Waals surface area contributed by atoms with Crippen molar-refractivity contribution in [2.75, 3.05) is 19.6 Å². The Balaban J connectivity index is 1.77. The summed E-state index contributed by atoms with van der Waals surface area (Å²) in [7, 11) is 0. The molecule has 3 rings (SSSR count). The lowest BCUT2D eigenvalue weighted by molar-refractivity contribution is 0.00153. The van der Waals surface area contributed by atoms with E-state index in [9.17, 15) is 4.79 Å². The number of ether oxygens (including phenoxy) is 1. The molecule has 1 amide bonds. The van der Waals surface area contributed by atoms with Crippen LogP contribution in [0.3, 0.4) is 0 Å². The summed E-state index contributed by atoms with van der Waals surface area (Å²) in [6, 6.07) is 3.95. The number of carbonyl (C=O) groups is 1. The number of aromatic nitrogens is 3. The van der Waals surface area contributed by atoms with Crippen LogP contribution < -0.4 is 0 Å². The quantitative estimate of drug-likeness (QED) is 0.832. The molecule has 0 aliphatic carbocycles. The van der Waals surface area contributed by atoms with Crippen LogP contribution in [-0.2, 0) is 11.3 Å². The second-order valence-electron chi connectivity index (χ2n) is 7.42. The number of hydrogen-bond acceptors (Lipinski definition) is 7. The highest BCUT2D eigenvalue weighted by molar-refractivity contribution is 5.68. The van der Waals surface area contributed by atoms with Gasteiger partial charge in [-0.15, -0.1) is 0 Å². The zero-order valence-corrected chi connectivity index (χ0v) is 15.7. The Morgan fingerprint density at radius 2 is 2.04 bits per heavy atom. The first-order chi connectivity index (χ1) is 12.3. The Morgan fingerprint density at radius 3 is 2.65 bits per heavy atom. The minimum atomic E-state index is -0.511. The van der Waals surface area contributed by atoms with Crippen LogP contribution in [-0.4, -0.2) is 56.3 Å². The summed E-state index contributed by atoms with van der Waals surface area (Å²) in [6.45, 7) is 9.78. The second-order valence-corrected chi connectivity index (χ2v) is 7.42. The molecule has 1 atom stereocenters. The fourth-order valence-electron chi connectivity index (χ4n) is 2.99. The first-order valence-corrected chi connectivity index (χ1v) is 8.73. The van der Waals surface area contributed by atoms with Crippen molar-refractivity contribution < 1.29 is 14.1 Å². The Kier molecular flexibility index (Phi) is 5.22. The van der Waals surface area contributed by atoms with Crippen LogP contribution in [0.4, 0.5) is 4.79 Å². The average molecular weight is 359 g/mol. The summed E-state index contributed by atoms with van der Waals surface area (Å²) < 4.78 is 10.6. The largest absolute Gasteiger partial charge is 0.444 e. The highest BCUT2D eigenvalue weighted by Crippen LogP contribution is 2.27. The molecule has 1 aliphatic rings. The van der Waals surface area contributed by atoms with Gasteiger partial charge in [0, 0.05) is 39.0 Å². The van der Waals surface area contributed by atoms with E-state index in [2.05, 4.69) is 20.0 Å². The van der Waals surface area contributed by atoms with Crippen molar-refractivity contribution in [3.05, 3.63) is 41.8 Å². The van der Waals surface area contributed by atoms with E-state index >= 15 is 0 Å². The van der Waals surface area contributed by atoms with Crippen molar-refractivity contribution >= 4 is 6.09 Å². The molecule has 0 radical (unpaired) electrons. The molecule has 3 heterocycles. The molecule has 8 heteroatoms. The topological polar surface area (TPSA) is 84.6 Å². The maximum Gasteiger partial charge on any atom is 0.410 e. The van der Waals surface area contributed by atoms with Crippen molar-refractivity contribution in [2.45, 2.75) is 45.9 Å². The minimum Gasteiger partial charge on any atom is -0.444 e. The number of piperazine rings is 1. The summed E-state index contributed by atoms with van der Waals surface area (Å²) in [5.41, 5.74) is 0.580. The lowest BCUT2D eigenvalue weighted by Gasteiger charge is -2.41. The summed E-state index contributed by atoms with van der Waals surface area (Å²) in [4.78, 5) is 24.9. The number of nitrogens with zero attached hydrogens (tertiary/aromatic N) is 5. The van der Waals surface area contributed by atoms with Gasteiger partial charge in [0.1, 0.15) is 5.60 Å². The first kappa shape index (κ1) is 18.3. The molecule has 1 fully saturated rings. The fourth-order valence-corrected chi connectivity index (χ4v) is 2.99. The highest BCUT2D eigenvalue weighted by atomic mass is 16.6. The molecular weight excluding hydrogens is 334 g/mol. The maximum absolute atomic E-state index is 12.5. The Morgan fingerprint density at radius 1 is 1.31 bits per heavy atom. The van der Waals surface area contributed by atoms with Crippen molar-refractivity contribution in [3.8, 4) is 0 Å². The van der Waals surface area contributed by atoms with Gasteiger partial charge in [0.25, 0.3) is 0 Å². The maximum atomic E-state index is 12.5. The molecule has 1 saturated heterocycles. The molecule has 0 N–H and O–H groups in total. The van der Waals surface area contributed by atoms with Gasteiger partial charge in [-0.3, -0.25) is 9.88 Å². The lowest BCUT2D eigenvalue weighted by Crippen LogP contribution is -2.51. The van der Waals surface area contributed by atoms with E-state index in [-0.39, 0.29) is 12.1 Å². The molecule has 2 aromatic heterocycles. The van der Waals surface area contributed by atoms with Crippen molar-refractivity contribution in [2.24, 2.45) is 0 Å². The molecule has 0 aromatic carbocycles. The van der Waals surface area contributed by atoms with Crippen LogP contribution in [0.15, 0.2) is 29.0 Å². The summed E-state index contributed by atoms with van der Waals surface area (Å²) >= 11 is 0. The first-order valence-electron chi connectivity index (χ1n) is 8.73. The fraction of sp³-hybridized carbons (Fsp3) is 0.556. The van der Waals surface area contributed by atoms with Gasteiger partial charge in [0.15, 0.2) is 5.82 Å². The summed E-state index contributed by atoms with van der Waals surface area (Å²) in [5, 5.41) is 4.00. The number of amides is 1. The van der Waals surface area contributed by atoms with E-state index in [1.807, 2.05) is 32.9 Å². The van der Waals surface area contributed by atoms with Crippen LogP contribution in [0.1, 0.15) is 44.1 Å². The summed E-state index contributed by atoms with van der Waals surface area (Å²) in [6.07, 6.45) is 3.24. The Bertz CT molecular complexity index is 741. The third kappa shape index (κ3) is 4.57. The predicted molar refractivity (Wildman–Crippen MR) is 94.2 cm³/mol. The predicted octanol–water partition coefficient (Wildman–Crippen LogP) is 2.57. The lowest BCUT2D eigenvalue weighted by atomic mass is 10.0. The molecule has 8 nitrogen and oxygen atoms in total. The summed E-state index contributed by atoms with van der Waals surface area (Å²) in [5.74, 6) is 1.19. The van der Waals surface area contributed by atoms with E-state index in [0.29, 0.717) is 37.9 Å². The number of pyridine rings is 1. The Labute approximate surface area is 153 Å². The molecule has 0 saturated carbocycles. The van der Waals surface area contributed by atoms with E-state index in [1.165, 1.54) is 0 Å². The molecule has 26 heavy (non-hydrogen) atoms. The minimum absolute atomic E-state index is 0.0121. The van der Waals surface area contributed by atoms with Gasteiger partial charge in [-0.1, -0.05) is 5.16 Å². The standard InChI is InChI=1S/C18H25N5O3/c1-13-20-16(21-26-13)12-22-9-10-23(17(24)25-18(2,3)4)11-15(22)14-5-7-19-8-6-14/h5-8,15H,9-12H2,1-4H3/t15-/m0/s1. The van der Waals surface area contributed by atoms with Crippen LogP contribution >= 0.6 is 0 Å². The van der Waals surface area contributed by atoms with Gasteiger partial charge in [-0.25, -0.2) is 4.79 Å². The van der Waals surface area contributed by atoms with Gasteiger partial charge >= 0.3 is 6.09 Å².